The minimum atomic E-state index is 0.389. The Bertz CT molecular complexity index is 426. The number of aromatic nitrogens is 1. The van der Waals surface area contributed by atoms with E-state index in [1.54, 1.807) is 6.20 Å². The number of hydrogen-bond acceptors (Lipinski definition) is 4. The van der Waals surface area contributed by atoms with Crippen molar-refractivity contribution in [2.75, 3.05) is 40.8 Å². The molecule has 0 spiro atoms. The Labute approximate surface area is 127 Å². The highest BCUT2D eigenvalue weighted by molar-refractivity contribution is 6.31. The molecule has 2 heterocycles. The molecule has 0 aromatic carbocycles. The molecule has 2 rings (SSSR count). The summed E-state index contributed by atoms with van der Waals surface area (Å²) in [5, 5.41) is 4.24. The van der Waals surface area contributed by atoms with Crippen molar-refractivity contribution >= 4 is 11.6 Å². The second-order valence-electron chi connectivity index (χ2n) is 5.73. The van der Waals surface area contributed by atoms with Gasteiger partial charge in [-0.25, -0.2) is 0 Å². The van der Waals surface area contributed by atoms with Crippen LogP contribution >= 0.6 is 11.6 Å². The number of halogens is 1. The van der Waals surface area contributed by atoms with E-state index in [1.807, 2.05) is 19.3 Å². The smallest absolute Gasteiger partial charge is 0.0621 e. The lowest BCUT2D eigenvalue weighted by Crippen LogP contribution is -2.52. The summed E-state index contributed by atoms with van der Waals surface area (Å²) in [5.41, 5.74) is 1.17. The van der Waals surface area contributed by atoms with Crippen LogP contribution < -0.4 is 5.32 Å². The predicted octanol–water partition coefficient (Wildman–Crippen LogP) is 1.50. The van der Waals surface area contributed by atoms with Crippen molar-refractivity contribution in [3.63, 3.8) is 0 Å². The van der Waals surface area contributed by atoms with Gasteiger partial charge in [-0.3, -0.25) is 4.98 Å². The van der Waals surface area contributed by atoms with Gasteiger partial charge in [-0.1, -0.05) is 11.6 Å². The van der Waals surface area contributed by atoms with E-state index in [0.29, 0.717) is 12.1 Å². The highest BCUT2D eigenvalue weighted by atomic mass is 35.5. The zero-order chi connectivity index (χ0) is 14.5. The van der Waals surface area contributed by atoms with Crippen LogP contribution in [0.15, 0.2) is 18.5 Å². The van der Waals surface area contributed by atoms with Crippen molar-refractivity contribution < 1.29 is 0 Å². The van der Waals surface area contributed by atoms with E-state index < -0.39 is 0 Å². The Morgan fingerprint density at radius 1 is 1.45 bits per heavy atom. The summed E-state index contributed by atoms with van der Waals surface area (Å²) in [5.74, 6) is 0. The number of hydrogen-bond donors (Lipinski definition) is 1. The zero-order valence-corrected chi connectivity index (χ0v) is 13.4. The van der Waals surface area contributed by atoms with Gasteiger partial charge in [-0.05, 0) is 58.7 Å². The van der Waals surface area contributed by atoms with Crippen molar-refractivity contribution in [3.8, 4) is 0 Å². The maximum absolute atomic E-state index is 6.25. The third kappa shape index (κ3) is 3.92. The largest absolute Gasteiger partial charge is 0.315 e. The molecule has 1 aliphatic heterocycles. The van der Waals surface area contributed by atoms with Crippen molar-refractivity contribution in [3.05, 3.63) is 29.0 Å². The molecule has 112 valence electrons. The van der Waals surface area contributed by atoms with E-state index in [9.17, 15) is 0 Å². The normalized spacial score (nSPS) is 23.5. The average Bonchev–Trinajstić information content (AvgIpc) is 2.60. The van der Waals surface area contributed by atoms with Gasteiger partial charge in [-0.2, -0.15) is 0 Å². The summed E-state index contributed by atoms with van der Waals surface area (Å²) >= 11 is 6.25. The maximum atomic E-state index is 6.25. The van der Waals surface area contributed by atoms with Gasteiger partial charge in [0.25, 0.3) is 0 Å². The average molecular weight is 297 g/mol. The lowest BCUT2D eigenvalue weighted by Gasteiger charge is -2.34. The highest BCUT2D eigenvalue weighted by Crippen LogP contribution is 2.19. The Kier molecular flexibility index (Phi) is 5.78. The van der Waals surface area contributed by atoms with Crippen LogP contribution in [-0.2, 0) is 6.42 Å². The van der Waals surface area contributed by atoms with Gasteiger partial charge >= 0.3 is 0 Å². The van der Waals surface area contributed by atoms with Crippen molar-refractivity contribution in [2.24, 2.45) is 0 Å². The lowest BCUT2D eigenvalue weighted by atomic mass is 9.99. The Hall–Kier alpha value is -0.680. The van der Waals surface area contributed by atoms with Crippen LogP contribution in [0.1, 0.15) is 12.0 Å². The van der Waals surface area contributed by atoms with E-state index in [0.717, 1.165) is 24.5 Å². The molecule has 0 bridgehead atoms. The molecule has 1 aromatic heterocycles. The van der Waals surface area contributed by atoms with E-state index in [4.69, 9.17) is 11.6 Å². The van der Waals surface area contributed by atoms with Crippen LogP contribution in [0.3, 0.4) is 0 Å². The zero-order valence-electron chi connectivity index (χ0n) is 12.6. The number of likely N-dealkylation sites (N-methyl/N-ethyl adjacent to an activating group) is 3. The van der Waals surface area contributed by atoms with Gasteiger partial charge in [0, 0.05) is 31.0 Å². The first kappa shape index (κ1) is 15.7. The predicted molar refractivity (Wildman–Crippen MR) is 84.3 cm³/mol. The molecule has 0 radical (unpaired) electrons. The standard InChI is InChI=1S/C15H25ClN4/c1-17-14(9-12-5-6-18-10-13(12)16)15-11-19(2)7-4-8-20(15)3/h5-6,10,14-15,17H,4,7-9,11H2,1-3H3. The summed E-state index contributed by atoms with van der Waals surface area (Å²) in [4.78, 5) is 8.96. The van der Waals surface area contributed by atoms with Gasteiger partial charge in [0.1, 0.15) is 0 Å². The molecule has 1 N–H and O–H groups in total. The maximum Gasteiger partial charge on any atom is 0.0621 e. The number of nitrogens with one attached hydrogen (secondary N) is 1. The first-order chi connectivity index (χ1) is 9.61. The molecule has 1 fully saturated rings. The molecule has 4 nitrogen and oxygen atoms in total. The Balaban J connectivity index is 2.12. The third-order valence-corrected chi connectivity index (χ3v) is 4.59. The minimum absolute atomic E-state index is 0.389. The van der Waals surface area contributed by atoms with Crippen LogP contribution in [0.25, 0.3) is 0 Å². The third-order valence-electron chi connectivity index (χ3n) is 4.25. The van der Waals surface area contributed by atoms with E-state index in [-0.39, 0.29) is 0 Å². The van der Waals surface area contributed by atoms with Crippen LogP contribution in [-0.4, -0.2) is 67.6 Å². The van der Waals surface area contributed by atoms with Gasteiger partial charge < -0.3 is 15.1 Å². The minimum Gasteiger partial charge on any atom is -0.315 e. The lowest BCUT2D eigenvalue weighted by molar-refractivity contribution is 0.181. The summed E-state index contributed by atoms with van der Waals surface area (Å²) < 4.78 is 0. The van der Waals surface area contributed by atoms with Gasteiger partial charge in [-0.15, -0.1) is 0 Å². The molecule has 1 saturated heterocycles. The molecule has 1 aromatic rings. The van der Waals surface area contributed by atoms with Crippen LogP contribution in [0.4, 0.5) is 0 Å². The fraction of sp³-hybridized carbons (Fsp3) is 0.667. The molecule has 2 unspecified atom stereocenters. The molecule has 0 saturated carbocycles. The van der Waals surface area contributed by atoms with E-state index >= 15 is 0 Å². The molecule has 2 atom stereocenters. The Morgan fingerprint density at radius 3 is 2.95 bits per heavy atom. The molecule has 5 heteroatoms. The first-order valence-electron chi connectivity index (χ1n) is 7.26. The number of pyridine rings is 1. The molecule has 20 heavy (non-hydrogen) atoms. The van der Waals surface area contributed by atoms with Crippen molar-refractivity contribution in [2.45, 2.75) is 24.9 Å². The van der Waals surface area contributed by atoms with Crippen molar-refractivity contribution in [1.29, 1.82) is 0 Å². The monoisotopic (exact) mass is 296 g/mol. The summed E-state index contributed by atoms with van der Waals surface area (Å²) in [6.45, 7) is 3.41. The van der Waals surface area contributed by atoms with Crippen LogP contribution in [0, 0.1) is 0 Å². The molecular formula is C15H25ClN4. The Morgan fingerprint density at radius 2 is 2.25 bits per heavy atom. The summed E-state index contributed by atoms with van der Waals surface area (Å²) in [7, 11) is 6.47. The number of nitrogens with zero attached hydrogens (tertiary/aromatic N) is 3. The second-order valence-corrected chi connectivity index (χ2v) is 6.14. The summed E-state index contributed by atoms with van der Waals surface area (Å²) in [6, 6.07) is 2.91. The van der Waals surface area contributed by atoms with E-state index in [2.05, 4.69) is 34.2 Å². The van der Waals surface area contributed by atoms with Crippen LogP contribution in [0.2, 0.25) is 5.02 Å². The second kappa shape index (κ2) is 7.36. The summed E-state index contributed by atoms with van der Waals surface area (Å²) in [6.07, 6.45) is 5.71. The molecule has 0 aliphatic carbocycles. The van der Waals surface area contributed by atoms with Gasteiger partial charge in [0.15, 0.2) is 0 Å². The van der Waals surface area contributed by atoms with E-state index in [1.165, 1.54) is 18.5 Å². The molecular weight excluding hydrogens is 272 g/mol. The van der Waals surface area contributed by atoms with Crippen LogP contribution in [0.5, 0.6) is 0 Å². The molecule has 0 amide bonds. The van der Waals surface area contributed by atoms with Crippen molar-refractivity contribution in [1.82, 2.24) is 20.1 Å². The first-order valence-corrected chi connectivity index (χ1v) is 7.64. The fourth-order valence-electron chi connectivity index (χ4n) is 2.98. The SMILES string of the molecule is CNC(Cc1ccncc1Cl)C1CN(C)CCCN1C. The number of rotatable bonds is 4. The topological polar surface area (TPSA) is 31.4 Å². The highest BCUT2D eigenvalue weighted by Gasteiger charge is 2.28. The fourth-order valence-corrected chi connectivity index (χ4v) is 3.17. The quantitative estimate of drug-likeness (QED) is 0.912. The van der Waals surface area contributed by atoms with Gasteiger partial charge in [0.2, 0.25) is 0 Å². The van der Waals surface area contributed by atoms with Gasteiger partial charge in [0.05, 0.1) is 5.02 Å². The molecule has 1 aliphatic rings.